The topological polar surface area (TPSA) is 38.9 Å². The SMILES string of the molecule is CCCc1ncc2ccc(N)cc2c1CCC. The fourth-order valence-corrected chi connectivity index (χ4v) is 2.31. The van der Waals surface area contributed by atoms with Gasteiger partial charge < -0.3 is 5.73 Å². The zero-order valence-electron chi connectivity index (χ0n) is 10.7. The Morgan fingerprint density at radius 3 is 2.59 bits per heavy atom. The van der Waals surface area contributed by atoms with Crippen LogP contribution in [0.15, 0.2) is 24.4 Å². The van der Waals surface area contributed by atoms with E-state index in [0.29, 0.717) is 0 Å². The summed E-state index contributed by atoms with van der Waals surface area (Å²) in [6.07, 6.45) is 6.39. The molecule has 1 heterocycles. The van der Waals surface area contributed by atoms with E-state index >= 15 is 0 Å². The summed E-state index contributed by atoms with van der Waals surface area (Å²) < 4.78 is 0. The zero-order valence-corrected chi connectivity index (χ0v) is 10.7. The van der Waals surface area contributed by atoms with Crippen molar-refractivity contribution in [2.45, 2.75) is 39.5 Å². The average Bonchev–Trinajstić information content (AvgIpc) is 2.33. The number of anilines is 1. The highest BCUT2D eigenvalue weighted by atomic mass is 14.7. The Morgan fingerprint density at radius 2 is 1.88 bits per heavy atom. The Morgan fingerprint density at radius 1 is 1.12 bits per heavy atom. The van der Waals surface area contributed by atoms with Crippen molar-refractivity contribution in [2.24, 2.45) is 0 Å². The molecule has 0 aliphatic carbocycles. The fourth-order valence-electron chi connectivity index (χ4n) is 2.31. The minimum absolute atomic E-state index is 0.837. The Bertz CT molecular complexity index is 518. The van der Waals surface area contributed by atoms with Crippen molar-refractivity contribution >= 4 is 16.5 Å². The van der Waals surface area contributed by atoms with Gasteiger partial charge in [-0.2, -0.15) is 0 Å². The molecule has 2 rings (SSSR count). The first-order chi connectivity index (χ1) is 8.26. The molecule has 0 saturated carbocycles. The molecule has 0 atom stereocenters. The fraction of sp³-hybridized carbons (Fsp3) is 0.400. The monoisotopic (exact) mass is 228 g/mol. The van der Waals surface area contributed by atoms with Gasteiger partial charge in [0.1, 0.15) is 0 Å². The van der Waals surface area contributed by atoms with Crippen molar-refractivity contribution in [1.29, 1.82) is 0 Å². The van der Waals surface area contributed by atoms with Crippen LogP contribution in [0.25, 0.3) is 10.8 Å². The van der Waals surface area contributed by atoms with Crippen LogP contribution in [0.5, 0.6) is 0 Å². The maximum Gasteiger partial charge on any atom is 0.0441 e. The molecule has 0 saturated heterocycles. The Hall–Kier alpha value is -1.57. The summed E-state index contributed by atoms with van der Waals surface area (Å²) >= 11 is 0. The summed E-state index contributed by atoms with van der Waals surface area (Å²) in [6, 6.07) is 6.09. The Labute approximate surface area is 103 Å². The first-order valence-corrected chi connectivity index (χ1v) is 6.42. The summed E-state index contributed by atoms with van der Waals surface area (Å²) in [7, 11) is 0. The molecule has 0 aliphatic rings. The minimum atomic E-state index is 0.837. The number of aryl methyl sites for hydroxylation is 2. The third-order valence-electron chi connectivity index (χ3n) is 3.10. The normalized spacial score (nSPS) is 10.9. The van der Waals surface area contributed by atoms with Gasteiger partial charge in [-0.1, -0.05) is 32.8 Å². The van der Waals surface area contributed by atoms with Gasteiger partial charge in [-0.25, -0.2) is 0 Å². The number of fused-ring (bicyclic) bond motifs is 1. The lowest BCUT2D eigenvalue weighted by Crippen LogP contribution is -1.99. The molecule has 0 fully saturated rings. The average molecular weight is 228 g/mol. The molecule has 17 heavy (non-hydrogen) atoms. The maximum absolute atomic E-state index is 5.89. The standard InChI is InChI=1S/C15H20N2/c1-3-5-13-14-9-12(16)8-7-11(14)10-17-15(13)6-4-2/h7-10H,3-6,16H2,1-2H3. The van der Waals surface area contributed by atoms with Crippen LogP contribution in [0.3, 0.4) is 0 Å². The summed E-state index contributed by atoms with van der Waals surface area (Å²) in [6.45, 7) is 4.40. The Kier molecular flexibility index (Phi) is 3.62. The summed E-state index contributed by atoms with van der Waals surface area (Å²) in [5, 5.41) is 2.48. The summed E-state index contributed by atoms with van der Waals surface area (Å²) in [4.78, 5) is 4.60. The van der Waals surface area contributed by atoms with Crippen LogP contribution in [0.2, 0.25) is 0 Å². The molecule has 0 bridgehead atoms. The highest BCUT2D eigenvalue weighted by Crippen LogP contribution is 2.25. The molecule has 0 radical (unpaired) electrons. The number of hydrogen-bond donors (Lipinski definition) is 1. The van der Waals surface area contributed by atoms with E-state index in [0.717, 1.165) is 31.4 Å². The van der Waals surface area contributed by atoms with Crippen molar-refractivity contribution in [2.75, 3.05) is 5.73 Å². The van der Waals surface area contributed by atoms with Crippen LogP contribution < -0.4 is 5.73 Å². The molecule has 2 heteroatoms. The Balaban J connectivity index is 2.63. The second kappa shape index (κ2) is 5.17. The molecule has 2 aromatic rings. The lowest BCUT2D eigenvalue weighted by Gasteiger charge is -2.11. The van der Waals surface area contributed by atoms with Crippen LogP contribution in [0, 0.1) is 0 Å². The number of benzene rings is 1. The second-order valence-electron chi connectivity index (χ2n) is 4.53. The van der Waals surface area contributed by atoms with Gasteiger partial charge in [0.05, 0.1) is 0 Å². The van der Waals surface area contributed by atoms with Crippen LogP contribution in [0.4, 0.5) is 5.69 Å². The number of pyridine rings is 1. The third-order valence-corrected chi connectivity index (χ3v) is 3.10. The van der Waals surface area contributed by atoms with Gasteiger partial charge in [0.25, 0.3) is 0 Å². The van der Waals surface area contributed by atoms with Crippen LogP contribution in [-0.4, -0.2) is 4.98 Å². The van der Waals surface area contributed by atoms with Crippen molar-refractivity contribution in [1.82, 2.24) is 4.98 Å². The number of hydrogen-bond acceptors (Lipinski definition) is 2. The van der Waals surface area contributed by atoms with Gasteiger partial charge in [-0.15, -0.1) is 0 Å². The van der Waals surface area contributed by atoms with Gasteiger partial charge in [0, 0.05) is 23.0 Å². The van der Waals surface area contributed by atoms with Crippen LogP contribution in [0.1, 0.15) is 37.9 Å². The van der Waals surface area contributed by atoms with Crippen LogP contribution in [-0.2, 0) is 12.8 Å². The first kappa shape index (κ1) is 11.9. The lowest BCUT2D eigenvalue weighted by atomic mass is 9.98. The predicted molar refractivity (Wildman–Crippen MR) is 74.1 cm³/mol. The zero-order chi connectivity index (χ0) is 12.3. The van der Waals surface area contributed by atoms with Gasteiger partial charge in [0.15, 0.2) is 0 Å². The summed E-state index contributed by atoms with van der Waals surface area (Å²) in [5.74, 6) is 0. The van der Waals surface area contributed by atoms with E-state index in [1.165, 1.54) is 22.0 Å². The molecule has 1 aromatic carbocycles. The highest BCUT2D eigenvalue weighted by Gasteiger charge is 2.08. The van der Waals surface area contributed by atoms with E-state index in [2.05, 4.69) is 31.0 Å². The second-order valence-corrected chi connectivity index (χ2v) is 4.53. The number of nitrogens with zero attached hydrogens (tertiary/aromatic N) is 1. The smallest absolute Gasteiger partial charge is 0.0441 e. The lowest BCUT2D eigenvalue weighted by molar-refractivity contribution is 0.836. The molecule has 2 N–H and O–H groups in total. The van der Waals surface area contributed by atoms with E-state index in [-0.39, 0.29) is 0 Å². The molecular weight excluding hydrogens is 208 g/mol. The maximum atomic E-state index is 5.89. The first-order valence-electron chi connectivity index (χ1n) is 6.42. The third kappa shape index (κ3) is 2.41. The largest absolute Gasteiger partial charge is 0.399 e. The molecular formula is C15H20N2. The van der Waals surface area contributed by atoms with E-state index in [1.54, 1.807) is 0 Å². The molecule has 0 aliphatic heterocycles. The van der Waals surface area contributed by atoms with Gasteiger partial charge in [-0.05, 0) is 35.9 Å². The number of rotatable bonds is 4. The van der Waals surface area contributed by atoms with Crippen LogP contribution >= 0.6 is 0 Å². The van der Waals surface area contributed by atoms with E-state index in [9.17, 15) is 0 Å². The highest BCUT2D eigenvalue weighted by molar-refractivity contribution is 5.88. The molecule has 1 aromatic heterocycles. The molecule has 0 amide bonds. The predicted octanol–water partition coefficient (Wildman–Crippen LogP) is 3.72. The van der Waals surface area contributed by atoms with E-state index < -0.39 is 0 Å². The quantitative estimate of drug-likeness (QED) is 0.810. The van der Waals surface area contributed by atoms with Crippen molar-refractivity contribution in [3.05, 3.63) is 35.7 Å². The molecule has 2 nitrogen and oxygen atoms in total. The van der Waals surface area contributed by atoms with Crippen molar-refractivity contribution in [3.8, 4) is 0 Å². The number of nitrogens with two attached hydrogens (primary N) is 1. The molecule has 0 unspecified atom stereocenters. The van der Waals surface area contributed by atoms with E-state index in [1.807, 2.05) is 12.3 Å². The molecule has 0 spiro atoms. The summed E-state index contributed by atoms with van der Waals surface area (Å²) in [5.41, 5.74) is 9.36. The van der Waals surface area contributed by atoms with Gasteiger partial charge in [0.2, 0.25) is 0 Å². The molecule has 90 valence electrons. The number of nitrogen functional groups attached to an aromatic ring is 1. The van der Waals surface area contributed by atoms with E-state index in [4.69, 9.17) is 5.73 Å². The van der Waals surface area contributed by atoms with Gasteiger partial charge >= 0.3 is 0 Å². The van der Waals surface area contributed by atoms with Gasteiger partial charge in [-0.3, -0.25) is 4.98 Å². The number of aromatic nitrogens is 1. The minimum Gasteiger partial charge on any atom is -0.399 e. The van der Waals surface area contributed by atoms with Crippen molar-refractivity contribution in [3.63, 3.8) is 0 Å². The van der Waals surface area contributed by atoms with Crippen molar-refractivity contribution < 1.29 is 0 Å².